The van der Waals surface area contributed by atoms with Crippen LogP contribution in [0.3, 0.4) is 0 Å². The monoisotopic (exact) mass is 348 g/mol. The summed E-state index contributed by atoms with van der Waals surface area (Å²) < 4.78 is 51.0. The van der Waals surface area contributed by atoms with Crippen molar-refractivity contribution in [1.29, 1.82) is 0 Å². The molecule has 0 fully saturated rings. The molecule has 0 atom stereocenters. The normalized spacial score (nSPS) is 11.1. The molecule has 2 aromatic carbocycles. The van der Waals surface area contributed by atoms with Gasteiger partial charge < -0.3 is 10.6 Å². The van der Waals surface area contributed by atoms with E-state index in [9.17, 15) is 17.6 Å². The average molecular weight is 349 g/mol. The Morgan fingerprint density at radius 2 is 1.77 bits per heavy atom. The lowest BCUT2D eigenvalue weighted by molar-refractivity contribution is -0.137. The van der Waals surface area contributed by atoms with E-state index < -0.39 is 17.6 Å². The highest BCUT2D eigenvalue weighted by Crippen LogP contribution is 2.30. The number of rotatable bonds is 2. The number of nitrogens with one attached hydrogen (secondary N) is 2. The summed E-state index contributed by atoms with van der Waals surface area (Å²) in [6.07, 6.45) is -4.45. The highest BCUT2D eigenvalue weighted by atomic mass is 35.5. The van der Waals surface area contributed by atoms with Crippen LogP contribution in [0.4, 0.5) is 28.9 Å². The predicted molar refractivity (Wildman–Crippen MR) is 82.7 cm³/mol. The van der Waals surface area contributed by atoms with Crippen LogP contribution in [0.2, 0.25) is 5.02 Å². The van der Waals surface area contributed by atoms with Gasteiger partial charge in [0, 0.05) is 5.69 Å². The highest BCUT2D eigenvalue weighted by molar-refractivity contribution is 7.80. The summed E-state index contributed by atoms with van der Waals surface area (Å²) >= 11 is 10.8. The van der Waals surface area contributed by atoms with Crippen molar-refractivity contribution in [3.63, 3.8) is 0 Å². The lowest BCUT2D eigenvalue weighted by Gasteiger charge is -2.13. The standard InChI is InChI=1S/C14H9ClF4N2S/c15-11-5-4-9(16)7-12(11)21-13(22)20-10-3-1-2-8(6-10)14(17,18)19/h1-7H,(H2,20,21,22). The molecule has 2 nitrogen and oxygen atoms in total. The van der Waals surface area contributed by atoms with E-state index in [1.807, 2.05) is 0 Å². The van der Waals surface area contributed by atoms with Crippen LogP contribution in [0, 0.1) is 5.82 Å². The van der Waals surface area contributed by atoms with Crippen molar-refractivity contribution >= 4 is 40.3 Å². The highest BCUT2D eigenvalue weighted by Gasteiger charge is 2.30. The summed E-state index contributed by atoms with van der Waals surface area (Å²) in [7, 11) is 0. The summed E-state index contributed by atoms with van der Waals surface area (Å²) in [5.74, 6) is -0.520. The summed E-state index contributed by atoms with van der Waals surface area (Å²) in [6, 6.07) is 8.19. The third-order valence-corrected chi connectivity index (χ3v) is 3.16. The van der Waals surface area contributed by atoms with Crippen LogP contribution in [-0.2, 0) is 6.18 Å². The Bertz CT molecular complexity index is 703. The number of hydrogen-bond donors (Lipinski definition) is 2. The van der Waals surface area contributed by atoms with E-state index in [4.69, 9.17) is 23.8 Å². The van der Waals surface area contributed by atoms with Gasteiger partial charge in [-0.2, -0.15) is 13.2 Å². The van der Waals surface area contributed by atoms with Gasteiger partial charge in [-0.3, -0.25) is 0 Å². The summed E-state index contributed by atoms with van der Waals surface area (Å²) in [5.41, 5.74) is -0.435. The third kappa shape index (κ3) is 4.32. The number of thiocarbonyl (C=S) groups is 1. The van der Waals surface area contributed by atoms with Gasteiger partial charge in [0.2, 0.25) is 0 Å². The zero-order valence-corrected chi connectivity index (χ0v) is 12.4. The van der Waals surface area contributed by atoms with E-state index in [1.165, 1.54) is 24.3 Å². The number of alkyl halides is 3. The molecular weight excluding hydrogens is 340 g/mol. The van der Waals surface area contributed by atoms with Crippen LogP contribution in [0.5, 0.6) is 0 Å². The zero-order chi connectivity index (χ0) is 16.3. The first kappa shape index (κ1) is 16.5. The van der Waals surface area contributed by atoms with E-state index >= 15 is 0 Å². The Morgan fingerprint density at radius 1 is 1.05 bits per heavy atom. The fourth-order valence-corrected chi connectivity index (χ4v) is 2.04. The molecule has 22 heavy (non-hydrogen) atoms. The van der Waals surface area contributed by atoms with E-state index in [0.29, 0.717) is 0 Å². The molecule has 0 bridgehead atoms. The van der Waals surface area contributed by atoms with Gasteiger partial charge in [-0.05, 0) is 48.6 Å². The smallest absolute Gasteiger partial charge is 0.332 e. The van der Waals surface area contributed by atoms with Crippen molar-refractivity contribution in [3.8, 4) is 0 Å². The zero-order valence-electron chi connectivity index (χ0n) is 10.8. The minimum Gasteiger partial charge on any atom is -0.332 e. The Kier molecular flexibility index (Phi) is 4.87. The second kappa shape index (κ2) is 6.50. The second-order valence-electron chi connectivity index (χ2n) is 4.28. The lowest BCUT2D eigenvalue weighted by Crippen LogP contribution is -2.19. The van der Waals surface area contributed by atoms with E-state index in [-0.39, 0.29) is 21.5 Å². The number of benzene rings is 2. The maximum Gasteiger partial charge on any atom is 0.416 e. The van der Waals surface area contributed by atoms with Crippen molar-refractivity contribution in [1.82, 2.24) is 0 Å². The summed E-state index contributed by atoms with van der Waals surface area (Å²) in [5, 5.41) is 5.44. The van der Waals surface area contributed by atoms with Crippen molar-refractivity contribution in [2.24, 2.45) is 0 Å². The molecule has 0 amide bonds. The van der Waals surface area contributed by atoms with Gasteiger partial charge in [-0.25, -0.2) is 4.39 Å². The van der Waals surface area contributed by atoms with Gasteiger partial charge in [0.05, 0.1) is 16.3 Å². The molecule has 0 unspecified atom stereocenters. The van der Waals surface area contributed by atoms with Gasteiger partial charge in [0.25, 0.3) is 0 Å². The van der Waals surface area contributed by atoms with Crippen molar-refractivity contribution < 1.29 is 17.6 Å². The maximum atomic E-state index is 13.1. The first-order valence-corrected chi connectivity index (χ1v) is 6.74. The van der Waals surface area contributed by atoms with Gasteiger partial charge >= 0.3 is 6.18 Å². The minimum absolute atomic E-state index is 0.00757. The molecule has 2 rings (SSSR count). The fourth-order valence-electron chi connectivity index (χ4n) is 1.65. The molecule has 0 aliphatic heterocycles. The topological polar surface area (TPSA) is 24.1 Å². The Hall–Kier alpha value is -1.86. The molecule has 0 aliphatic rings. The lowest BCUT2D eigenvalue weighted by atomic mass is 10.2. The van der Waals surface area contributed by atoms with Crippen molar-refractivity contribution in [3.05, 3.63) is 58.9 Å². The van der Waals surface area contributed by atoms with Crippen LogP contribution in [0.1, 0.15) is 5.56 Å². The third-order valence-electron chi connectivity index (χ3n) is 2.62. The Balaban J connectivity index is 2.11. The number of anilines is 2. The molecule has 0 spiro atoms. The number of halogens is 5. The Labute approximate surface area is 134 Å². The molecule has 0 radical (unpaired) electrons. The van der Waals surface area contributed by atoms with Crippen LogP contribution in [-0.4, -0.2) is 5.11 Å². The van der Waals surface area contributed by atoms with Gasteiger partial charge in [0.1, 0.15) is 5.82 Å². The quantitative estimate of drug-likeness (QED) is 0.568. The van der Waals surface area contributed by atoms with Crippen LogP contribution in [0.25, 0.3) is 0 Å². The average Bonchev–Trinajstić information content (AvgIpc) is 2.42. The first-order valence-electron chi connectivity index (χ1n) is 5.96. The number of hydrogen-bond acceptors (Lipinski definition) is 1. The van der Waals surface area contributed by atoms with E-state index in [1.54, 1.807) is 0 Å². The SMILES string of the molecule is Fc1ccc(Cl)c(NC(=S)Nc2cccc(C(F)(F)F)c2)c1. The molecule has 8 heteroatoms. The van der Waals surface area contributed by atoms with Gasteiger partial charge in [0.15, 0.2) is 5.11 Å². The van der Waals surface area contributed by atoms with E-state index in [2.05, 4.69) is 10.6 Å². The predicted octanol–water partition coefficient (Wildman–Crippen LogP) is 5.31. The summed E-state index contributed by atoms with van der Waals surface area (Å²) in [4.78, 5) is 0. The minimum atomic E-state index is -4.45. The molecule has 0 heterocycles. The molecular formula is C14H9ClF4N2S. The van der Waals surface area contributed by atoms with Crippen molar-refractivity contribution in [2.75, 3.05) is 10.6 Å². The van der Waals surface area contributed by atoms with Crippen LogP contribution in [0.15, 0.2) is 42.5 Å². The first-order chi connectivity index (χ1) is 10.3. The molecule has 0 aromatic heterocycles. The van der Waals surface area contributed by atoms with Crippen LogP contribution < -0.4 is 10.6 Å². The van der Waals surface area contributed by atoms with E-state index in [0.717, 1.165) is 18.2 Å². The second-order valence-corrected chi connectivity index (χ2v) is 5.10. The van der Waals surface area contributed by atoms with Gasteiger partial charge in [-0.15, -0.1) is 0 Å². The van der Waals surface area contributed by atoms with Gasteiger partial charge in [-0.1, -0.05) is 17.7 Å². The molecule has 0 saturated carbocycles. The summed E-state index contributed by atoms with van der Waals surface area (Å²) in [6.45, 7) is 0. The maximum absolute atomic E-state index is 13.1. The van der Waals surface area contributed by atoms with Crippen LogP contribution >= 0.6 is 23.8 Å². The molecule has 0 aliphatic carbocycles. The Morgan fingerprint density at radius 3 is 2.45 bits per heavy atom. The largest absolute Gasteiger partial charge is 0.416 e. The fraction of sp³-hybridized carbons (Fsp3) is 0.0714. The molecule has 116 valence electrons. The molecule has 0 saturated heterocycles. The van der Waals surface area contributed by atoms with Crippen molar-refractivity contribution in [2.45, 2.75) is 6.18 Å². The molecule has 2 N–H and O–H groups in total. The molecule has 2 aromatic rings.